The van der Waals surface area contributed by atoms with E-state index >= 15 is 0 Å². The fourth-order valence-corrected chi connectivity index (χ4v) is 4.03. The van der Waals surface area contributed by atoms with Crippen LogP contribution in [0.1, 0.15) is 0 Å². The number of benzene rings is 2. The van der Waals surface area contributed by atoms with Crippen molar-refractivity contribution in [1.82, 2.24) is 5.32 Å². The molecule has 140 valence electrons. The molecule has 0 heterocycles. The van der Waals surface area contributed by atoms with Gasteiger partial charge in [0.25, 0.3) is 0 Å². The normalized spacial score (nSPS) is 12.4. The van der Waals surface area contributed by atoms with E-state index in [0.717, 1.165) is 24.3 Å². The third-order valence-electron chi connectivity index (χ3n) is 2.96. The molecule has 0 unspecified atom stereocenters. The Morgan fingerprint density at radius 2 is 1.77 bits per heavy atom. The summed E-state index contributed by atoms with van der Waals surface area (Å²) in [4.78, 5) is -0.276. The molecule has 9 nitrogen and oxygen atoms in total. The van der Waals surface area contributed by atoms with Crippen LogP contribution in [0.25, 0.3) is 0 Å². The van der Waals surface area contributed by atoms with Crippen molar-refractivity contribution in [3.8, 4) is 5.75 Å². The van der Waals surface area contributed by atoms with E-state index in [0.29, 0.717) is 12.4 Å². The predicted octanol–water partition coefficient (Wildman–Crippen LogP) is 2.62. The first-order chi connectivity index (χ1) is 12.1. The molecule has 0 bridgehead atoms. The van der Waals surface area contributed by atoms with Crippen LogP contribution in [0.2, 0.25) is 5.02 Å². The Kier molecular flexibility index (Phi) is 6.31. The summed E-state index contributed by atoms with van der Waals surface area (Å²) in [5, 5.41) is 10.4. The van der Waals surface area contributed by atoms with E-state index < -0.39 is 20.2 Å². The first kappa shape index (κ1) is 20.3. The number of hydrogen-bond acceptors (Lipinski definition) is 8. The van der Waals surface area contributed by atoms with Gasteiger partial charge in [0.1, 0.15) is 12.4 Å². The third-order valence-corrected chi connectivity index (χ3v) is 5.61. The van der Waals surface area contributed by atoms with E-state index in [-0.39, 0.29) is 20.6 Å². The van der Waals surface area contributed by atoms with Gasteiger partial charge in [-0.05, 0) is 49.5 Å². The van der Waals surface area contributed by atoms with Crippen molar-refractivity contribution in [1.29, 1.82) is 0 Å². The second-order valence-electron chi connectivity index (χ2n) is 4.85. The molecule has 0 aliphatic rings. The highest BCUT2D eigenvalue weighted by molar-refractivity contribution is 7.91. The van der Waals surface area contributed by atoms with Crippen LogP contribution in [-0.2, 0) is 20.2 Å². The Balaban J connectivity index is 2.32. The van der Waals surface area contributed by atoms with Gasteiger partial charge in [0.05, 0.1) is 20.5 Å². The van der Waals surface area contributed by atoms with Gasteiger partial charge in [0.2, 0.25) is 9.84 Å². The topological polar surface area (TPSA) is 134 Å². The van der Waals surface area contributed by atoms with Crippen LogP contribution in [-0.4, -0.2) is 35.1 Å². The molecule has 2 aromatic rings. The maximum absolute atomic E-state index is 12.7. The first-order valence-electron chi connectivity index (χ1n) is 6.97. The van der Waals surface area contributed by atoms with E-state index in [1.54, 1.807) is 7.05 Å². The van der Waals surface area contributed by atoms with Gasteiger partial charge in [-0.25, -0.2) is 8.42 Å². The number of sulfone groups is 1. The molecule has 2 rings (SSSR count). The molecule has 0 radical (unpaired) electrons. The van der Waals surface area contributed by atoms with Crippen LogP contribution in [0, 0.1) is 0 Å². The molecule has 26 heavy (non-hydrogen) atoms. The molecular formula is C14H14ClN3O6S2. The number of nitrogens with one attached hydrogen (secondary N) is 1. The van der Waals surface area contributed by atoms with Crippen molar-refractivity contribution in [3.05, 3.63) is 47.5 Å². The molecule has 0 saturated carbocycles. The Morgan fingerprint density at radius 3 is 2.31 bits per heavy atom. The summed E-state index contributed by atoms with van der Waals surface area (Å²) >= 11 is 6.06. The molecule has 0 saturated heterocycles. The number of halogens is 1. The SMILES string of the molecule is CNCN=Nc1ccc(S(=O)(=O)c2ccc(OS(=O)(=O)O)cc2)c(Cl)c1. The fraction of sp³-hybridized carbons (Fsp3) is 0.143. The zero-order valence-electron chi connectivity index (χ0n) is 13.3. The molecule has 0 aliphatic heterocycles. The fourth-order valence-electron chi connectivity index (χ4n) is 1.88. The molecule has 0 amide bonds. The lowest BCUT2D eigenvalue weighted by Gasteiger charge is -2.08. The van der Waals surface area contributed by atoms with Crippen molar-refractivity contribution >= 4 is 37.5 Å². The quantitative estimate of drug-likeness (QED) is 0.520. The highest BCUT2D eigenvalue weighted by Gasteiger charge is 2.21. The molecule has 12 heteroatoms. The Morgan fingerprint density at radius 1 is 1.12 bits per heavy atom. The summed E-state index contributed by atoms with van der Waals surface area (Å²) < 4.78 is 59.5. The largest absolute Gasteiger partial charge is 0.446 e. The van der Waals surface area contributed by atoms with Crippen molar-refractivity contribution in [2.45, 2.75) is 9.79 Å². The van der Waals surface area contributed by atoms with Crippen molar-refractivity contribution in [2.75, 3.05) is 13.7 Å². The molecule has 2 N–H and O–H groups in total. The van der Waals surface area contributed by atoms with Gasteiger partial charge in [-0.2, -0.15) is 18.6 Å². The van der Waals surface area contributed by atoms with Crippen LogP contribution in [0.3, 0.4) is 0 Å². The zero-order chi connectivity index (χ0) is 19.4. The lowest BCUT2D eigenvalue weighted by Crippen LogP contribution is -2.07. The molecule has 0 aliphatic carbocycles. The van der Waals surface area contributed by atoms with Gasteiger partial charge in [0, 0.05) is 0 Å². The maximum Gasteiger partial charge on any atom is 0.446 e. The van der Waals surface area contributed by atoms with Crippen LogP contribution in [0.5, 0.6) is 5.75 Å². The highest BCUT2D eigenvalue weighted by atomic mass is 35.5. The summed E-state index contributed by atoms with van der Waals surface area (Å²) in [6.07, 6.45) is 0. The monoisotopic (exact) mass is 419 g/mol. The summed E-state index contributed by atoms with van der Waals surface area (Å²) in [5.74, 6) is -0.238. The number of azo groups is 1. The average Bonchev–Trinajstić information content (AvgIpc) is 2.54. The van der Waals surface area contributed by atoms with E-state index in [2.05, 4.69) is 19.7 Å². The molecular weight excluding hydrogens is 406 g/mol. The van der Waals surface area contributed by atoms with Gasteiger partial charge >= 0.3 is 10.4 Å². The van der Waals surface area contributed by atoms with Crippen molar-refractivity contribution in [3.63, 3.8) is 0 Å². The Hall–Kier alpha value is -2.05. The van der Waals surface area contributed by atoms with Crippen LogP contribution in [0.4, 0.5) is 5.69 Å². The standard InChI is InChI=1S/C14H14ClN3O6S2/c1-16-9-17-18-10-2-7-14(13(15)8-10)25(19,20)12-5-3-11(4-6-12)24-26(21,22)23/h2-8,16H,9H2,1H3,(H,21,22,23). The van der Waals surface area contributed by atoms with E-state index in [9.17, 15) is 16.8 Å². The first-order valence-corrected chi connectivity index (χ1v) is 10.2. The van der Waals surface area contributed by atoms with Gasteiger partial charge < -0.3 is 4.18 Å². The second kappa shape index (κ2) is 8.10. The Bertz CT molecular complexity index is 1020. The maximum atomic E-state index is 12.7. The summed E-state index contributed by atoms with van der Waals surface area (Å²) in [6.45, 7) is 0.301. The van der Waals surface area contributed by atoms with E-state index in [4.69, 9.17) is 16.2 Å². The van der Waals surface area contributed by atoms with Crippen molar-refractivity contribution in [2.24, 2.45) is 10.2 Å². The van der Waals surface area contributed by atoms with Crippen LogP contribution >= 0.6 is 11.6 Å². The van der Waals surface area contributed by atoms with Gasteiger partial charge in [0.15, 0.2) is 0 Å². The number of rotatable bonds is 7. The third kappa shape index (κ3) is 5.22. The predicted molar refractivity (Wildman–Crippen MR) is 94.0 cm³/mol. The average molecular weight is 420 g/mol. The zero-order valence-corrected chi connectivity index (χ0v) is 15.7. The molecule has 0 atom stereocenters. The van der Waals surface area contributed by atoms with E-state index in [1.165, 1.54) is 18.2 Å². The minimum atomic E-state index is -4.69. The minimum Gasteiger partial charge on any atom is -0.362 e. The van der Waals surface area contributed by atoms with Crippen LogP contribution in [0.15, 0.2) is 62.5 Å². The van der Waals surface area contributed by atoms with Gasteiger partial charge in [-0.3, -0.25) is 9.87 Å². The minimum absolute atomic E-state index is 0.0378. The molecule has 0 fully saturated rings. The lowest BCUT2D eigenvalue weighted by molar-refractivity contribution is 0.386. The van der Waals surface area contributed by atoms with Gasteiger partial charge in [-0.1, -0.05) is 11.6 Å². The summed E-state index contributed by atoms with van der Waals surface area (Å²) in [5.41, 5.74) is 0.390. The Labute approximate surface area is 155 Å². The number of hydrogen-bond donors (Lipinski definition) is 2. The van der Waals surface area contributed by atoms with Gasteiger partial charge in [-0.15, -0.1) is 0 Å². The highest BCUT2D eigenvalue weighted by Crippen LogP contribution is 2.31. The molecule has 2 aromatic carbocycles. The second-order valence-corrected chi connectivity index (χ2v) is 8.20. The van der Waals surface area contributed by atoms with Crippen LogP contribution < -0.4 is 9.50 Å². The van der Waals surface area contributed by atoms with Crippen molar-refractivity contribution < 1.29 is 25.6 Å². The smallest absolute Gasteiger partial charge is 0.362 e. The summed E-state index contributed by atoms with van der Waals surface area (Å²) in [6, 6.07) is 8.56. The number of nitrogens with zero attached hydrogens (tertiary/aromatic N) is 2. The van der Waals surface area contributed by atoms with E-state index in [1.807, 2.05) is 0 Å². The molecule has 0 spiro atoms. The molecule has 0 aromatic heterocycles. The lowest BCUT2D eigenvalue weighted by atomic mass is 10.3. The summed E-state index contributed by atoms with van der Waals surface area (Å²) in [7, 11) is -6.95.